The summed E-state index contributed by atoms with van der Waals surface area (Å²) in [6.45, 7) is 4.11. The predicted molar refractivity (Wildman–Crippen MR) is 57.8 cm³/mol. The number of hydrogen-bond donors (Lipinski definition) is 2. The van der Waals surface area contributed by atoms with Crippen LogP contribution in [0.4, 0.5) is 0 Å². The molecule has 1 fully saturated rings. The molecular weight excluding hydrogens is 176 g/mol. The average molecular weight is 198 g/mol. The quantitative estimate of drug-likeness (QED) is 0.717. The van der Waals surface area contributed by atoms with Crippen LogP contribution < -0.4 is 11.1 Å². The van der Waals surface area contributed by atoms with Gasteiger partial charge in [-0.2, -0.15) is 0 Å². The van der Waals surface area contributed by atoms with Gasteiger partial charge in [0.05, 0.1) is 6.04 Å². The van der Waals surface area contributed by atoms with E-state index in [9.17, 15) is 4.79 Å². The number of amides is 1. The molecule has 0 saturated heterocycles. The van der Waals surface area contributed by atoms with E-state index in [4.69, 9.17) is 5.73 Å². The van der Waals surface area contributed by atoms with Crippen LogP contribution in [0.3, 0.4) is 0 Å². The Morgan fingerprint density at radius 2 is 1.86 bits per heavy atom. The fraction of sp³-hybridized carbons (Fsp3) is 0.909. The van der Waals surface area contributed by atoms with E-state index in [1.54, 1.807) is 0 Å². The molecule has 0 heterocycles. The molecule has 0 spiro atoms. The van der Waals surface area contributed by atoms with Crippen LogP contribution in [-0.2, 0) is 4.79 Å². The van der Waals surface area contributed by atoms with Crippen LogP contribution in [0.25, 0.3) is 0 Å². The second kappa shape index (κ2) is 5.35. The Morgan fingerprint density at radius 1 is 1.29 bits per heavy atom. The molecule has 82 valence electrons. The average Bonchev–Trinajstić information content (AvgIpc) is 2.15. The summed E-state index contributed by atoms with van der Waals surface area (Å²) >= 11 is 0. The monoisotopic (exact) mass is 198 g/mol. The van der Waals surface area contributed by atoms with E-state index in [0.29, 0.717) is 12.0 Å². The number of carbonyl (C=O) groups is 1. The minimum Gasteiger partial charge on any atom is -0.368 e. The third-order valence-electron chi connectivity index (χ3n) is 2.94. The topological polar surface area (TPSA) is 55.1 Å². The fourth-order valence-electron chi connectivity index (χ4n) is 2.28. The van der Waals surface area contributed by atoms with Crippen LogP contribution in [0.1, 0.15) is 46.0 Å². The Labute approximate surface area is 86.4 Å². The van der Waals surface area contributed by atoms with Gasteiger partial charge in [0.15, 0.2) is 0 Å². The zero-order valence-electron chi connectivity index (χ0n) is 9.25. The molecule has 1 saturated carbocycles. The maximum absolute atomic E-state index is 11.3. The van der Waals surface area contributed by atoms with Crippen LogP contribution >= 0.6 is 0 Å². The van der Waals surface area contributed by atoms with Gasteiger partial charge in [0.25, 0.3) is 0 Å². The third-order valence-corrected chi connectivity index (χ3v) is 2.94. The van der Waals surface area contributed by atoms with Gasteiger partial charge in [0.2, 0.25) is 5.91 Å². The van der Waals surface area contributed by atoms with Gasteiger partial charge in [-0.25, -0.2) is 0 Å². The first-order valence-corrected chi connectivity index (χ1v) is 5.66. The summed E-state index contributed by atoms with van der Waals surface area (Å²) in [4.78, 5) is 11.3. The molecule has 1 rings (SSSR count). The smallest absolute Gasteiger partial charge is 0.234 e. The van der Waals surface area contributed by atoms with Crippen LogP contribution in [0.15, 0.2) is 0 Å². The number of nitrogens with two attached hydrogens (primary N) is 1. The lowest BCUT2D eigenvalue weighted by Gasteiger charge is -2.30. The zero-order valence-corrected chi connectivity index (χ0v) is 9.25. The number of primary amides is 1. The summed E-state index contributed by atoms with van der Waals surface area (Å²) in [6.07, 6.45) is 6.09. The van der Waals surface area contributed by atoms with Gasteiger partial charge < -0.3 is 11.1 Å². The Balaban J connectivity index is 2.51. The molecule has 1 aliphatic rings. The van der Waals surface area contributed by atoms with E-state index in [2.05, 4.69) is 19.2 Å². The predicted octanol–water partition coefficient (Wildman–Crippen LogP) is 1.42. The highest BCUT2D eigenvalue weighted by atomic mass is 16.1. The summed E-state index contributed by atoms with van der Waals surface area (Å²) < 4.78 is 0. The molecule has 0 aromatic rings. The van der Waals surface area contributed by atoms with Crippen LogP contribution in [0.2, 0.25) is 0 Å². The van der Waals surface area contributed by atoms with Crippen molar-refractivity contribution >= 4 is 5.91 Å². The van der Waals surface area contributed by atoms with Crippen molar-refractivity contribution < 1.29 is 4.79 Å². The van der Waals surface area contributed by atoms with Crippen molar-refractivity contribution in [3.63, 3.8) is 0 Å². The van der Waals surface area contributed by atoms with Crippen molar-refractivity contribution in [2.45, 2.75) is 58.0 Å². The van der Waals surface area contributed by atoms with Gasteiger partial charge in [-0.15, -0.1) is 0 Å². The molecule has 0 aromatic heterocycles. The van der Waals surface area contributed by atoms with E-state index < -0.39 is 0 Å². The molecule has 1 aliphatic carbocycles. The molecule has 1 atom stereocenters. The zero-order chi connectivity index (χ0) is 10.6. The molecule has 14 heavy (non-hydrogen) atoms. The molecule has 3 N–H and O–H groups in total. The first-order valence-electron chi connectivity index (χ1n) is 5.66. The first-order chi connectivity index (χ1) is 6.61. The van der Waals surface area contributed by atoms with Gasteiger partial charge in [-0.05, 0) is 18.8 Å². The van der Waals surface area contributed by atoms with Crippen molar-refractivity contribution in [2.24, 2.45) is 11.7 Å². The SMILES string of the molecule is CC(C)N[C@@H](C(N)=O)C1CCCCC1. The molecule has 3 heteroatoms. The van der Waals surface area contributed by atoms with Crippen molar-refractivity contribution in [2.75, 3.05) is 0 Å². The molecule has 3 nitrogen and oxygen atoms in total. The summed E-state index contributed by atoms with van der Waals surface area (Å²) in [7, 11) is 0. The van der Waals surface area contributed by atoms with Crippen molar-refractivity contribution in [3.05, 3.63) is 0 Å². The minimum atomic E-state index is -0.189. The number of hydrogen-bond acceptors (Lipinski definition) is 2. The first kappa shape index (κ1) is 11.5. The van der Waals surface area contributed by atoms with Crippen molar-refractivity contribution in [1.29, 1.82) is 0 Å². The van der Waals surface area contributed by atoms with Crippen LogP contribution in [0, 0.1) is 5.92 Å². The van der Waals surface area contributed by atoms with E-state index in [1.807, 2.05) is 0 Å². The molecule has 0 bridgehead atoms. The number of rotatable bonds is 4. The molecular formula is C11H22N2O. The summed E-state index contributed by atoms with van der Waals surface area (Å²) in [5, 5.41) is 3.27. The maximum Gasteiger partial charge on any atom is 0.234 e. The Kier molecular flexibility index (Phi) is 4.39. The maximum atomic E-state index is 11.3. The van der Waals surface area contributed by atoms with Gasteiger partial charge in [0.1, 0.15) is 0 Å². The molecule has 0 unspecified atom stereocenters. The lowest BCUT2D eigenvalue weighted by molar-refractivity contribution is -0.121. The molecule has 0 aliphatic heterocycles. The molecule has 0 aromatic carbocycles. The highest BCUT2D eigenvalue weighted by Crippen LogP contribution is 2.26. The number of carbonyl (C=O) groups excluding carboxylic acids is 1. The van der Waals surface area contributed by atoms with Gasteiger partial charge in [-0.1, -0.05) is 33.1 Å². The van der Waals surface area contributed by atoms with Crippen molar-refractivity contribution in [1.82, 2.24) is 5.32 Å². The van der Waals surface area contributed by atoms with Crippen LogP contribution in [-0.4, -0.2) is 18.0 Å². The van der Waals surface area contributed by atoms with Crippen LogP contribution in [0.5, 0.6) is 0 Å². The van der Waals surface area contributed by atoms with E-state index in [-0.39, 0.29) is 11.9 Å². The highest BCUT2D eigenvalue weighted by molar-refractivity contribution is 5.80. The van der Waals surface area contributed by atoms with Crippen molar-refractivity contribution in [3.8, 4) is 0 Å². The van der Waals surface area contributed by atoms with E-state index in [1.165, 1.54) is 19.3 Å². The van der Waals surface area contributed by atoms with E-state index >= 15 is 0 Å². The molecule has 1 amide bonds. The van der Waals surface area contributed by atoms with Gasteiger partial charge >= 0.3 is 0 Å². The Morgan fingerprint density at radius 3 is 2.29 bits per heavy atom. The summed E-state index contributed by atoms with van der Waals surface area (Å²) in [6, 6.07) is 0.213. The standard InChI is InChI=1S/C11H22N2O/c1-8(2)13-10(11(12)14)9-6-4-3-5-7-9/h8-10,13H,3-7H2,1-2H3,(H2,12,14)/t10-/m1/s1. The Hall–Kier alpha value is -0.570. The second-order valence-electron chi connectivity index (χ2n) is 4.60. The highest BCUT2D eigenvalue weighted by Gasteiger charge is 2.27. The second-order valence-corrected chi connectivity index (χ2v) is 4.60. The largest absolute Gasteiger partial charge is 0.368 e. The lowest BCUT2D eigenvalue weighted by Crippen LogP contribution is -2.49. The minimum absolute atomic E-state index is 0.115. The van der Waals surface area contributed by atoms with Gasteiger partial charge in [-0.3, -0.25) is 4.79 Å². The lowest BCUT2D eigenvalue weighted by atomic mass is 9.83. The summed E-state index contributed by atoms with van der Waals surface area (Å²) in [5.41, 5.74) is 5.41. The normalized spacial score (nSPS) is 21.1. The third kappa shape index (κ3) is 3.29. The fourth-order valence-corrected chi connectivity index (χ4v) is 2.28. The summed E-state index contributed by atoms with van der Waals surface area (Å²) in [5.74, 6) is 0.272. The van der Waals surface area contributed by atoms with E-state index in [0.717, 1.165) is 12.8 Å². The molecule has 0 radical (unpaired) electrons. The Bertz CT molecular complexity index is 186. The number of nitrogens with one attached hydrogen (secondary N) is 1. The van der Waals surface area contributed by atoms with Gasteiger partial charge in [0, 0.05) is 6.04 Å².